The number of thiophene rings is 1. The summed E-state index contributed by atoms with van der Waals surface area (Å²) >= 11 is 2.96. The molecular weight excluding hydrogens is 464 g/mol. The Morgan fingerprint density at radius 3 is 2.62 bits per heavy atom. The summed E-state index contributed by atoms with van der Waals surface area (Å²) in [5.41, 5.74) is 1.04. The fourth-order valence-corrected chi connectivity index (χ4v) is 8.14. The largest absolute Gasteiger partial charge is 0.340 e. The average Bonchev–Trinajstić information content (AvgIpc) is 3.49. The van der Waals surface area contributed by atoms with Crippen molar-refractivity contribution in [2.75, 3.05) is 39.3 Å². The Hall–Kier alpha value is -1.85. The molecule has 7 nitrogen and oxygen atoms in total. The molecule has 3 aromatic rings. The van der Waals surface area contributed by atoms with Gasteiger partial charge < -0.3 is 4.90 Å². The zero-order valence-corrected chi connectivity index (χ0v) is 20.2. The van der Waals surface area contributed by atoms with E-state index in [9.17, 15) is 13.2 Å². The first-order valence-corrected chi connectivity index (χ1v) is 14.0. The second-order valence-corrected chi connectivity index (χ2v) is 12.5. The topological polar surface area (TPSA) is 73.8 Å². The minimum absolute atomic E-state index is 0.0933. The molecule has 170 valence electrons. The Kier molecular flexibility index (Phi) is 6.31. The average molecular weight is 491 g/mol. The van der Waals surface area contributed by atoms with Crippen LogP contribution in [0.2, 0.25) is 0 Å². The number of piperazine rings is 1. The van der Waals surface area contributed by atoms with Crippen LogP contribution in [0.15, 0.2) is 46.0 Å². The molecule has 1 amide bonds. The lowest BCUT2D eigenvalue weighted by Gasteiger charge is -2.38. The minimum atomic E-state index is -3.50. The number of carbonyl (C=O) groups excluding carboxylic acids is 1. The van der Waals surface area contributed by atoms with Crippen LogP contribution in [0.4, 0.5) is 0 Å². The highest BCUT2D eigenvalue weighted by Gasteiger charge is 2.36. The Morgan fingerprint density at radius 2 is 1.88 bits per heavy atom. The molecule has 2 aliphatic heterocycles. The molecule has 0 radical (unpaired) electrons. The van der Waals surface area contributed by atoms with Gasteiger partial charge in [0.1, 0.15) is 9.22 Å². The number of rotatable bonds is 5. The fraction of sp³-hybridized carbons (Fsp3) is 0.455. The van der Waals surface area contributed by atoms with E-state index in [0.29, 0.717) is 23.8 Å². The standard InChI is InChI=1S/C22H26N4O3S3/c27-22(17-5-3-9-26(15-17)32(28,29)21-8-4-14-30-21)25-12-10-24(11-13-25)16-20-23-18-6-1-2-7-19(18)31-20/h1-2,4,6-8,14,17H,3,5,9-13,15-16H2/t17-/m1/s1. The van der Waals surface area contributed by atoms with Crippen LogP contribution in [-0.4, -0.2) is 72.7 Å². The van der Waals surface area contributed by atoms with Crippen LogP contribution in [0, 0.1) is 5.92 Å². The Balaban J connectivity index is 1.17. The highest BCUT2D eigenvalue weighted by molar-refractivity contribution is 7.91. The number of thiazole rings is 1. The number of para-hydroxylation sites is 1. The van der Waals surface area contributed by atoms with Crippen LogP contribution in [0.1, 0.15) is 17.8 Å². The summed E-state index contributed by atoms with van der Waals surface area (Å²) in [6.07, 6.45) is 1.47. The number of hydrogen-bond acceptors (Lipinski definition) is 7. The van der Waals surface area contributed by atoms with Gasteiger partial charge >= 0.3 is 0 Å². The molecule has 2 aliphatic rings. The molecular formula is C22H26N4O3S3. The van der Waals surface area contributed by atoms with E-state index in [2.05, 4.69) is 11.0 Å². The number of hydrogen-bond donors (Lipinski definition) is 0. The molecule has 0 unspecified atom stereocenters. The van der Waals surface area contributed by atoms with Crippen molar-refractivity contribution >= 4 is 48.8 Å². The molecule has 5 rings (SSSR count). The van der Waals surface area contributed by atoms with Crippen molar-refractivity contribution in [1.82, 2.24) is 19.1 Å². The molecule has 0 N–H and O–H groups in total. The molecule has 0 spiro atoms. The van der Waals surface area contributed by atoms with E-state index >= 15 is 0 Å². The summed E-state index contributed by atoms with van der Waals surface area (Å²) in [4.78, 5) is 22.2. The molecule has 0 aliphatic carbocycles. The predicted molar refractivity (Wildman–Crippen MR) is 127 cm³/mol. The second kappa shape index (κ2) is 9.18. The highest BCUT2D eigenvalue weighted by Crippen LogP contribution is 2.28. The molecule has 32 heavy (non-hydrogen) atoms. The van der Waals surface area contributed by atoms with Gasteiger partial charge in [-0.15, -0.1) is 22.7 Å². The van der Waals surface area contributed by atoms with Crippen molar-refractivity contribution < 1.29 is 13.2 Å². The van der Waals surface area contributed by atoms with Crippen LogP contribution in [0.3, 0.4) is 0 Å². The summed E-state index contributed by atoms with van der Waals surface area (Å²) in [5.74, 6) is -0.162. The Labute approximate surface area is 196 Å². The van der Waals surface area contributed by atoms with Crippen molar-refractivity contribution in [2.45, 2.75) is 23.6 Å². The molecule has 1 atom stereocenters. The van der Waals surface area contributed by atoms with Crippen LogP contribution in [0.5, 0.6) is 0 Å². The fourth-order valence-electron chi connectivity index (χ4n) is 4.46. The summed E-state index contributed by atoms with van der Waals surface area (Å²) in [6.45, 7) is 4.55. The normalized spacial score (nSPS) is 21.2. The minimum Gasteiger partial charge on any atom is -0.340 e. The molecule has 1 aromatic carbocycles. The van der Waals surface area contributed by atoms with Gasteiger partial charge in [0.15, 0.2) is 0 Å². The number of aromatic nitrogens is 1. The van der Waals surface area contributed by atoms with E-state index in [0.717, 1.165) is 43.0 Å². The molecule has 2 fully saturated rings. The van der Waals surface area contributed by atoms with Crippen LogP contribution < -0.4 is 0 Å². The molecule has 0 saturated carbocycles. The smallest absolute Gasteiger partial charge is 0.252 e. The number of fused-ring (bicyclic) bond motifs is 1. The first kappa shape index (κ1) is 22.0. The van der Waals surface area contributed by atoms with E-state index in [1.807, 2.05) is 23.1 Å². The number of carbonyl (C=O) groups is 1. The lowest BCUT2D eigenvalue weighted by Crippen LogP contribution is -2.52. The second-order valence-electron chi connectivity index (χ2n) is 8.31. The van der Waals surface area contributed by atoms with Crippen LogP contribution in [-0.2, 0) is 21.4 Å². The lowest BCUT2D eigenvalue weighted by molar-refractivity contribution is -0.138. The highest BCUT2D eigenvalue weighted by atomic mass is 32.2. The zero-order chi connectivity index (χ0) is 22.1. The molecule has 2 aromatic heterocycles. The van der Waals surface area contributed by atoms with Crippen LogP contribution in [0.25, 0.3) is 10.2 Å². The predicted octanol–water partition coefficient (Wildman–Crippen LogP) is 3.10. The number of piperidine rings is 1. The maximum atomic E-state index is 13.2. The summed E-state index contributed by atoms with van der Waals surface area (Å²) in [5, 5.41) is 2.88. The number of sulfonamides is 1. The quantitative estimate of drug-likeness (QED) is 0.550. The zero-order valence-electron chi connectivity index (χ0n) is 17.7. The van der Waals surface area contributed by atoms with E-state index in [-0.39, 0.29) is 18.4 Å². The maximum Gasteiger partial charge on any atom is 0.252 e. The van der Waals surface area contributed by atoms with Gasteiger partial charge in [0.25, 0.3) is 10.0 Å². The third-order valence-electron chi connectivity index (χ3n) is 6.20. The van der Waals surface area contributed by atoms with Gasteiger partial charge in [-0.1, -0.05) is 18.2 Å². The van der Waals surface area contributed by atoms with Crippen molar-refractivity contribution in [3.05, 3.63) is 46.8 Å². The number of nitrogens with zero attached hydrogens (tertiary/aromatic N) is 4. The van der Waals surface area contributed by atoms with Gasteiger partial charge in [0, 0.05) is 39.3 Å². The summed E-state index contributed by atoms with van der Waals surface area (Å²) < 4.78 is 28.8. The van der Waals surface area contributed by atoms with Gasteiger partial charge in [-0.25, -0.2) is 13.4 Å². The first-order valence-electron chi connectivity index (χ1n) is 10.9. The van der Waals surface area contributed by atoms with Gasteiger partial charge in [-0.3, -0.25) is 9.69 Å². The molecule has 0 bridgehead atoms. The summed E-state index contributed by atoms with van der Waals surface area (Å²) in [7, 11) is -3.50. The van der Waals surface area contributed by atoms with E-state index in [1.54, 1.807) is 28.8 Å². The van der Waals surface area contributed by atoms with Crippen molar-refractivity contribution in [1.29, 1.82) is 0 Å². The maximum absolute atomic E-state index is 13.2. The Morgan fingerprint density at radius 1 is 1.06 bits per heavy atom. The van der Waals surface area contributed by atoms with Crippen molar-refractivity contribution in [3.63, 3.8) is 0 Å². The monoisotopic (exact) mass is 490 g/mol. The first-order chi connectivity index (χ1) is 15.5. The lowest BCUT2D eigenvalue weighted by atomic mass is 9.98. The number of amides is 1. The van der Waals surface area contributed by atoms with Crippen LogP contribution >= 0.6 is 22.7 Å². The van der Waals surface area contributed by atoms with Crippen molar-refractivity contribution in [3.8, 4) is 0 Å². The van der Waals surface area contributed by atoms with Crippen molar-refractivity contribution in [2.24, 2.45) is 5.92 Å². The Bertz CT molecular complexity index is 1150. The molecule has 10 heteroatoms. The molecule has 4 heterocycles. The van der Waals surface area contributed by atoms with E-state index in [1.165, 1.54) is 20.3 Å². The SMILES string of the molecule is O=C([C@@H]1CCCN(S(=O)(=O)c2cccs2)C1)N1CCN(Cc2nc3ccccc3s2)CC1. The number of benzene rings is 1. The van der Waals surface area contributed by atoms with E-state index in [4.69, 9.17) is 4.98 Å². The summed E-state index contributed by atoms with van der Waals surface area (Å²) in [6, 6.07) is 11.6. The molecule has 2 saturated heterocycles. The third-order valence-corrected chi connectivity index (χ3v) is 10.5. The van der Waals surface area contributed by atoms with Gasteiger partial charge in [-0.2, -0.15) is 4.31 Å². The van der Waals surface area contributed by atoms with Gasteiger partial charge in [0.05, 0.1) is 22.7 Å². The third kappa shape index (κ3) is 4.47. The van der Waals surface area contributed by atoms with Gasteiger partial charge in [0.2, 0.25) is 5.91 Å². The van der Waals surface area contributed by atoms with Gasteiger partial charge in [-0.05, 0) is 36.4 Å². The van der Waals surface area contributed by atoms with E-state index < -0.39 is 10.0 Å².